The number of hydrogen-bond donors (Lipinski definition) is 1. The molecule has 1 saturated heterocycles. The fraction of sp³-hybridized carbons (Fsp3) is 0.500. The molecule has 1 amide bonds. The molecule has 4 nitrogen and oxygen atoms in total. The van der Waals surface area contributed by atoms with E-state index >= 15 is 0 Å². The second-order valence-corrected chi connectivity index (χ2v) is 4.64. The predicted octanol–water partition coefficient (Wildman–Crippen LogP) is 1.65. The number of nitrogens with two attached hydrogens (primary N) is 1. The molecule has 98 valence electrons. The van der Waals surface area contributed by atoms with Crippen LogP contribution in [0.2, 0.25) is 0 Å². The molecule has 2 rings (SSSR count). The van der Waals surface area contributed by atoms with E-state index in [9.17, 15) is 4.79 Å². The van der Waals surface area contributed by atoms with Crippen LogP contribution in [0.1, 0.15) is 29.6 Å². The van der Waals surface area contributed by atoms with Crippen LogP contribution in [0.5, 0.6) is 5.75 Å². The highest BCUT2D eigenvalue weighted by molar-refractivity contribution is 5.92. The van der Waals surface area contributed by atoms with Crippen molar-refractivity contribution >= 4 is 5.91 Å². The molecule has 1 aliphatic rings. The van der Waals surface area contributed by atoms with Crippen molar-refractivity contribution in [1.29, 1.82) is 0 Å². The lowest BCUT2D eigenvalue weighted by atomic mass is 10.2. The maximum atomic E-state index is 10.9. The number of benzene rings is 1. The Balaban J connectivity index is 1.68. The van der Waals surface area contributed by atoms with E-state index in [1.165, 1.54) is 25.9 Å². The van der Waals surface area contributed by atoms with E-state index in [0.29, 0.717) is 12.2 Å². The summed E-state index contributed by atoms with van der Waals surface area (Å²) in [6.07, 6.45) is 3.70. The summed E-state index contributed by atoms with van der Waals surface area (Å²) in [5.74, 6) is 0.386. The molecule has 0 atom stereocenters. The van der Waals surface area contributed by atoms with Crippen LogP contribution >= 0.6 is 0 Å². The number of carbonyl (C=O) groups excluding carboxylic acids is 1. The molecule has 1 aliphatic heterocycles. The van der Waals surface area contributed by atoms with Crippen molar-refractivity contribution in [2.45, 2.75) is 19.3 Å². The lowest BCUT2D eigenvalue weighted by Crippen LogP contribution is -2.21. The molecule has 0 unspecified atom stereocenters. The van der Waals surface area contributed by atoms with Gasteiger partial charge in [0.1, 0.15) is 5.75 Å². The smallest absolute Gasteiger partial charge is 0.248 e. The van der Waals surface area contributed by atoms with Crippen LogP contribution in [0.4, 0.5) is 0 Å². The van der Waals surface area contributed by atoms with Gasteiger partial charge in [0.2, 0.25) is 5.91 Å². The first-order valence-corrected chi connectivity index (χ1v) is 6.51. The Labute approximate surface area is 108 Å². The number of ether oxygens (including phenoxy) is 1. The van der Waals surface area contributed by atoms with Crippen LogP contribution in [0.25, 0.3) is 0 Å². The van der Waals surface area contributed by atoms with E-state index in [4.69, 9.17) is 10.5 Å². The fourth-order valence-corrected chi connectivity index (χ4v) is 2.20. The van der Waals surface area contributed by atoms with E-state index in [1.807, 2.05) is 0 Å². The van der Waals surface area contributed by atoms with Gasteiger partial charge in [0.25, 0.3) is 0 Å². The number of nitrogens with zero attached hydrogens (tertiary/aromatic N) is 1. The van der Waals surface area contributed by atoms with Crippen LogP contribution in [-0.2, 0) is 0 Å². The normalized spacial score (nSPS) is 15.8. The molecule has 1 fully saturated rings. The summed E-state index contributed by atoms with van der Waals surface area (Å²) >= 11 is 0. The van der Waals surface area contributed by atoms with Crippen molar-refractivity contribution in [2.75, 3.05) is 26.2 Å². The number of hydrogen-bond acceptors (Lipinski definition) is 3. The zero-order valence-corrected chi connectivity index (χ0v) is 10.6. The first kappa shape index (κ1) is 12.9. The molecule has 4 heteroatoms. The summed E-state index contributed by atoms with van der Waals surface area (Å²) in [7, 11) is 0. The van der Waals surface area contributed by atoms with Gasteiger partial charge in [-0.3, -0.25) is 4.79 Å². The van der Waals surface area contributed by atoms with Crippen LogP contribution in [0.3, 0.4) is 0 Å². The minimum atomic E-state index is -0.407. The third-order valence-electron chi connectivity index (χ3n) is 3.22. The number of primary amides is 1. The average Bonchev–Trinajstić information content (AvgIpc) is 2.88. The second-order valence-electron chi connectivity index (χ2n) is 4.64. The van der Waals surface area contributed by atoms with Crippen LogP contribution < -0.4 is 10.5 Å². The highest BCUT2D eigenvalue weighted by atomic mass is 16.5. The highest BCUT2D eigenvalue weighted by Gasteiger charge is 2.10. The zero-order chi connectivity index (χ0) is 12.8. The Morgan fingerprint density at radius 1 is 1.22 bits per heavy atom. The van der Waals surface area contributed by atoms with Gasteiger partial charge in [-0.2, -0.15) is 0 Å². The van der Waals surface area contributed by atoms with Gasteiger partial charge in [-0.05, 0) is 56.6 Å². The molecule has 1 aromatic rings. The number of carbonyl (C=O) groups is 1. The molecule has 0 aromatic heterocycles. The maximum Gasteiger partial charge on any atom is 0.248 e. The van der Waals surface area contributed by atoms with Gasteiger partial charge in [-0.15, -0.1) is 0 Å². The molecule has 0 spiro atoms. The molecular weight excluding hydrogens is 228 g/mol. The monoisotopic (exact) mass is 248 g/mol. The van der Waals surface area contributed by atoms with Gasteiger partial charge in [0.15, 0.2) is 0 Å². The zero-order valence-electron chi connectivity index (χ0n) is 10.6. The van der Waals surface area contributed by atoms with Gasteiger partial charge in [0, 0.05) is 12.1 Å². The highest BCUT2D eigenvalue weighted by Crippen LogP contribution is 2.12. The van der Waals surface area contributed by atoms with Crippen molar-refractivity contribution in [3.05, 3.63) is 29.8 Å². The molecule has 0 bridgehead atoms. The SMILES string of the molecule is NC(=O)c1ccc(OCCCN2CCCC2)cc1. The van der Waals surface area contributed by atoms with Crippen LogP contribution in [0.15, 0.2) is 24.3 Å². The third kappa shape index (κ3) is 3.74. The maximum absolute atomic E-state index is 10.9. The summed E-state index contributed by atoms with van der Waals surface area (Å²) in [5.41, 5.74) is 5.68. The summed E-state index contributed by atoms with van der Waals surface area (Å²) in [6.45, 7) is 4.28. The van der Waals surface area contributed by atoms with Crippen LogP contribution in [0, 0.1) is 0 Å². The van der Waals surface area contributed by atoms with Crippen molar-refractivity contribution in [2.24, 2.45) is 5.73 Å². The molecule has 0 radical (unpaired) electrons. The van der Waals surface area contributed by atoms with Gasteiger partial charge >= 0.3 is 0 Å². The number of rotatable bonds is 6. The summed E-state index contributed by atoms with van der Waals surface area (Å²) in [5, 5.41) is 0. The quantitative estimate of drug-likeness (QED) is 0.779. The molecule has 2 N–H and O–H groups in total. The fourth-order valence-electron chi connectivity index (χ4n) is 2.20. The summed E-state index contributed by atoms with van der Waals surface area (Å²) in [6, 6.07) is 6.96. The number of amides is 1. The van der Waals surface area contributed by atoms with Crippen molar-refractivity contribution in [3.63, 3.8) is 0 Å². The molecule has 18 heavy (non-hydrogen) atoms. The Hall–Kier alpha value is -1.55. The molecule has 1 aromatic carbocycles. The topological polar surface area (TPSA) is 55.6 Å². The first-order valence-electron chi connectivity index (χ1n) is 6.51. The Morgan fingerprint density at radius 3 is 2.50 bits per heavy atom. The minimum absolute atomic E-state index is 0.407. The lowest BCUT2D eigenvalue weighted by molar-refractivity contribution is 0.100. The summed E-state index contributed by atoms with van der Waals surface area (Å²) in [4.78, 5) is 13.4. The van der Waals surface area contributed by atoms with Gasteiger partial charge in [0.05, 0.1) is 6.61 Å². The number of likely N-dealkylation sites (tertiary alicyclic amines) is 1. The van der Waals surface area contributed by atoms with E-state index in [0.717, 1.165) is 18.7 Å². The van der Waals surface area contributed by atoms with Gasteiger partial charge in [-0.25, -0.2) is 0 Å². The van der Waals surface area contributed by atoms with E-state index in [-0.39, 0.29) is 0 Å². The lowest BCUT2D eigenvalue weighted by Gasteiger charge is -2.14. The molecule has 0 saturated carbocycles. The van der Waals surface area contributed by atoms with E-state index in [2.05, 4.69) is 4.90 Å². The average molecular weight is 248 g/mol. The van der Waals surface area contributed by atoms with Crippen molar-refractivity contribution < 1.29 is 9.53 Å². The third-order valence-corrected chi connectivity index (χ3v) is 3.22. The van der Waals surface area contributed by atoms with E-state index in [1.54, 1.807) is 24.3 Å². The summed E-state index contributed by atoms with van der Waals surface area (Å²) < 4.78 is 5.62. The van der Waals surface area contributed by atoms with Crippen LogP contribution in [-0.4, -0.2) is 37.0 Å². The first-order chi connectivity index (χ1) is 8.75. The molecule has 1 heterocycles. The molecule has 0 aliphatic carbocycles. The Bertz CT molecular complexity index is 383. The minimum Gasteiger partial charge on any atom is -0.494 e. The van der Waals surface area contributed by atoms with E-state index < -0.39 is 5.91 Å². The standard InChI is InChI=1S/C14H20N2O2/c15-14(17)12-4-6-13(7-5-12)18-11-3-10-16-8-1-2-9-16/h4-7H,1-3,8-11H2,(H2,15,17). The Morgan fingerprint density at radius 2 is 1.89 bits per heavy atom. The van der Waals surface area contributed by atoms with Crippen molar-refractivity contribution in [3.8, 4) is 5.75 Å². The van der Waals surface area contributed by atoms with Crippen molar-refractivity contribution in [1.82, 2.24) is 4.90 Å². The van der Waals surface area contributed by atoms with Gasteiger partial charge in [-0.1, -0.05) is 0 Å². The Kier molecular flexibility index (Phi) is 4.59. The largest absolute Gasteiger partial charge is 0.494 e. The second kappa shape index (κ2) is 6.40. The van der Waals surface area contributed by atoms with Gasteiger partial charge < -0.3 is 15.4 Å². The predicted molar refractivity (Wildman–Crippen MR) is 70.7 cm³/mol. The molecular formula is C14H20N2O2.